The Morgan fingerprint density at radius 2 is 2.19 bits per heavy atom. The summed E-state index contributed by atoms with van der Waals surface area (Å²) in [5.74, 6) is 0. The van der Waals surface area contributed by atoms with Crippen LogP contribution in [0.1, 0.15) is 43.1 Å². The first-order chi connectivity index (χ1) is 7.59. The number of ether oxygens (including phenoxy) is 1. The predicted octanol–water partition coefficient (Wildman–Crippen LogP) is 2.92. The van der Waals surface area contributed by atoms with Gasteiger partial charge < -0.3 is 10.1 Å². The highest BCUT2D eigenvalue weighted by atomic mass is 32.1. The van der Waals surface area contributed by atoms with Crippen molar-refractivity contribution in [1.29, 1.82) is 0 Å². The fourth-order valence-corrected chi connectivity index (χ4v) is 2.20. The first-order valence-corrected chi connectivity index (χ1v) is 6.68. The van der Waals surface area contributed by atoms with E-state index in [0.29, 0.717) is 12.1 Å². The molecule has 1 N–H and O–H groups in total. The zero-order chi connectivity index (χ0) is 12.0. The van der Waals surface area contributed by atoms with Crippen LogP contribution in [0.15, 0.2) is 6.20 Å². The average Bonchev–Trinajstić information content (AvgIpc) is 2.63. The van der Waals surface area contributed by atoms with E-state index in [-0.39, 0.29) is 0 Å². The molecule has 1 aromatic rings. The summed E-state index contributed by atoms with van der Waals surface area (Å²) in [5, 5.41) is 4.61. The minimum absolute atomic E-state index is 0.335. The van der Waals surface area contributed by atoms with Crippen LogP contribution in [0.3, 0.4) is 0 Å². The summed E-state index contributed by atoms with van der Waals surface area (Å²) in [4.78, 5) is 5.57. The third-order valence-corrected chi connectivity index (χ3v) is 3.38. The molecule has 1 rings (SSSR count). The molecule has 0 aromatic carbocycles. The summed E-state index contributed by atoms with van der Waals surface area (Å²) in [6.07, 6.45) is 3.35. The normalized spacial score (nSPS) is 13.3. The summed E-state index contributed by atoms with van der Waals surface area (Å²) >= 11 is 1.76. The Morgan fingerprint density at radius 3 is 2.75 bits per heavy atom. The van der Waals surface area contributed by atoms with Crippen LogP contribution in [0, 0.1) is 6.92 Å². The van der Waals surface area contributed by atoms with Crippen molar-refractivity contribution < 1.29 is 4.74 Å². The van der Waals surface area contributed by atoms with Crippen LogP contribution in [-0.2, 0) is 4.74 Å². The number of thiazole rings is 1. The molecular weight excluding hydrogens is 220 g/mol. The highest BCUT2D eigenvalue weighted by Crippen LogP contribution is 2.19. The number of hydrogen-bond donors (Lipinski definition) is 1. The topological polar surface area (TPSA) is 34.2 Å². The van der Waals surface area contributed by atoms with Gasteiger partial charge in [-0.2, -0.15) is 0 Å². The second-order valence-electron chi connectivity index (χ2n) is 4.23. The number of aryl methyl sites for hydroxylation is 1. The van der Waals surface area contributed by atoms with Crippen molar-refractivity contribution in [2.75, 3.05) is 13.2 Å². The molecule has 0 aliphatic rings. The third kappa shape index (κ3) is 5.05. The van der Waals surface area contributed by atoms with Crippen molar-refractivity contribution in [3.8, 4) is 0 Å². The maximum absolute atomic E-state index is 5.48. The number of aromatic nitrogens is 1. The van der Waals surface area contributed by atoms with E-state index in [4.69, 9.17) is 4.74 Å². The Morgan fingerprint density at radius 1 is 1.44 bits per heavy atom. The molecule has 4 heteroatoms. The zero-order valence-electron chi connectivity index (χ0n) is 10.6. The fourth-order valence-electron chi connectivity index (χ4n) is 1.39. The van der Waals surface area contributed by atoms with Crippen molar-refractivity contribution in [3.63, 3.8) is 0 Å². The highest BCUT2D eigenvalue weighted by Gasteiger charge is 2.07. The molecule has 3 nitrogen and oxygen atoms in total. The lowest BCUT2D eigenvalue weighted by Gasteiger charge is -2.12. The zero-order valence-corrected chi connectivity index (χ0v) is 11.4. The molecule has 1 aromatic heterocycles. The van der Waals surface area contributed by atoms with Gasteiger partial charge in [-0.3, -0.25) is 0 Å². The minimum atomic E-state index is 0.335. The van der Waals surface area contributed by atoms with E-state index in [9.17, 15) is 0 Å². The van der Waals surface area contributed by atoms with Gasteiger partial charge in [0.25, 0.3) is 0 Å². The summed E-state index contributed by atoms with van der Waals surface area (Å²) in [7, 11) is 0. The van der Waals surface area contributed by atoms with Gasteiger partial charge in [-0.25, -0.2) is 4.98 Å². The van der Waals surface area contributed by atoms with Crippen molar-refractivity contribution in [1.82, 2.24) is 10.3 Å². The Kier molecular flexibility index (Phi) is 5.95. The molecule has 0 spiro atoms. The molecule has 1 unspecified atom stereocenters. The summed E-state index contributed by atoms with van der Waals surface area (Å²) < 4.78 is 5.48. The van der Waals surface area contributed by atoms with E-state index in [1.807, 2.05) is 13.1 Å². The standard InChI is InChI=1S/C12H22N2OS/c1-9(2)15-7-5-6-13-10(3)12-8-14-11(4)16-12/h8-10,13H,5-7H2,1-4H3. The lowest BCUT2D eigenvalue weighted by Crippen LogP contribution is -2.20. The monoisotopic (exact) mass is 242 g/mol. The maximum Gasteiger partial charge on any atom is 0.0897 e. The van der Waals surface area contributed by atoms with E-state index in [1.54, 1.807) is 11.3 Å². The average molecular weight is 242 g/mol. The summed E-state index contributed by atoms with van der Waals surface area (Å²) in [6.45, 7) is 10.2. The van der Waals surface area contributed by atoms with E-state index in [1.165, 1.54) is 4.88 Å². The lowest BCUT2D eigenvalue weighted by molar-refractivity contribution is 0.0768. The van der Waals surface area contributed by atoms with Crippen molar-refractivity contribution in [3.05, 3.63) is 16.1 Å². The Balaban J connectivity index is 2.13. The van der Waals surface area contributed by atoms with Gasteiger partial charge >= 0.3 is 0 Å². The van der Waals surface area contributed by atoms with E-state index in [2.05, 4.69) is 31.1 Å². The Labute approximate surface area is 102 Å². The number of nitrogens with one attached hydrogen (secondary N) is 1. The molecule has 0 bridgehead atoms. The van der Waals surface area contributed by atoms with E-state index in [0.717, 1.165) is 24.6 Å². The van der Waals surface area contributed by atoms with Crippen LogP contribution < -0.4 is 5.32 Å². The SMILES string of the molecule is Cc1ncc(C(C)NCCCOC(C)C)s1. The molecular formula is C12H22N2OS. The minimum Gasteiger partial charge on any atom is -0.379 e. The molecule has 0 saturated carbocycles. The van der Waals surface area contributed by atoms with Gasteiger partial charge in [-0.1, -0.05) is 0 Å². The molecule has 0 saturated heterocycles. The largest absolute Gasteiger partial charge is 0.379 e. The second kappa shape index (κ2) is 6.99. The van der Waals surface area contributed by atoms with Gasteiger partial charge in [0.05, 0.1) is 11.1 Å². The number of rotatable bonds is 7. The summed E-state index contributed by atoms with van der Waals surface area (Å²) in [6, 6.07) is 0.394. The molecule has 0 aliphatic carbocycles. The molecule has 0 radical (unpaired) electrons. The molecule has 1 heterocycles. The third-order valence-electron chi connectivity index (χ3n) is 2.29. The first-order valence-electron chi connectivity index (χ1n) is 5.87. The molecule has 92 valence electrons. The van der Waals surface area contributed by atoms with Crippen molar-refractivity contribution >= 4 is 11.3 Å². The molecule has 16 heavy (non-hydrogen) atoms. The van der Waals surface area contributed by atoms with Gasteiger partial charge in [0.15, 0.2) is 0 Å². The molecule has 0 aliphatic heterocycles. The van der Waals surface area contributed by atoms with Crippen LogP contribution in [-0.4, -0.2) is 24.2 Å². The van der Waals surface area contributed by atoms with E-state index >= 15 is 0 Å². The van der Waals surface area contributed by atoms with Crippen LogP contribution in [0.5, 0.6) is 0 Å². The van der Waals surface area contributed by atoms with Crippen LogP contribution in [0.25, 0.3) is 0 Å². The van der Waals surface area contributed by atoms with Gasteiger partial charge in [0, 0.05) is 23.7 Å². The first kappa shape index (κ1) is 13.6. The second-order valence-corrected chi connectivity index (χ2v) is 5.50. The van der Waals surface area contributed by atoms with E-state index < -0.39 is 0 Å². The van der Waals surface area contributed by atoms with Crippen LogP contribution in [0.2, 0.25) is 0 Å². The quantitative estimate of drug-likeness (QED) is 0.747. The fraction of sp³-hybridized carbons (Fsp3) is 0.750. The van der Waals surface area contributed by atoms with Crippen LogP contribution in [0.4, 0.5) is 0 Å². The van der Waals surface area contributed by atoms with Gasteiger partial charge in [0.2, 0.25) is 0 Å². The number of nitrogens with zero attached hydrogens (tertiary/aromatic N) is 1. The van der Waals surface area contributed by atoms with Crippen molar-refractivity contribution in [2.24, 2.45) is 0 Å². The molecule has 1 atom stereocenters. The lowest BCUT2D eigenvalue weighted by atomic mass is 10.3. The Bertz CT molecular complexity index is 299. The highest BCUT2D eigenvalue weighted by molar-refractivity contribution is 7.11. The van der Waals surface area contributed by atoms with Gasteiger partial charge in [0.1, 0.15) is 0 Å². The van der Waals surface area contributed by atoms with Crippen LogP contribution >= 0.6 is 11.3 Å². The van der Waals surface area contributed by atoms with Gasteiger partial charge in [-0.05, 0) is 40.7 Å². The summed E-state index contributed by atoms with van der Waals surface area (Å²) in [5.41, 5.74) is 0. The Hall–Kier alpha value is -0.450. The predicted molar refractivity (Wildman–Crippen MR) is 69.0 cm³/mol. The maximum atomic E-state index is 5.48. The smallest absolute Gasteiger partial charge is 0.0897 e. The van der Waals surface area contributed by atoms with Crippen molar-refractivity contribution in [2.45, 2.75) is 46.3 Å². The van der Waals surface area contributed by atoms with Gasteiger partial charge in [-0.15, -0.1) is 11.3 Å². The molecule has 0 amide bonds. The molecule has 0 fully saturated rings. The number of hydrogen-bond acceptors (Lipinski definition) is 4.